The summed E-state index contributed by atoms with van der Waals surface area (Å²) in [7, 11) is 0. The highest BCUT2D eigenvalue weighted by atomic mass is 32.2. The molecule has 0 bridgehead atoms. The molecule has 0 unspecified atom stereocenters. The van der Waals surface area contributed by atoms with Gasteiger partial charge >= 0.3 is 0 Å². The lowest BCUT2D eigenvalue weighted by Crippen LogP contribution is -2.05. The average molecular weight is 435 g/mol. The van der Waals surface area contributed by atoms with Crippen LogP contribution in [-0.4, -0.2) is 19.1 Å². The molecule has 0 aliphatic heterocycles. The second-order valence-electron chi connectivity index (χ2n) is 7.22. The van der Waals surface area contributed by atoms with E-state index in [0.717, 1.165) is 48.0 Å². The molecule has 0 aliphatic rings. The SMILES string of the molecule is CCCc1nc(SCc2ccc(-c3csnn3)cc2)n(CC)c1Cc1ccccc1. The van der Waals surface area contributed by atoms with E-state index in [-0.39, 0.29) is 0 Å². The van der Waals surface area contributed by atoms with E-state index in [1.165, 1.54) is 34.0 Å². The quantitative estimate of drug-likeness (QED) is 0.292. The fraction of sp³-hybridized carbons (Fsp3) is 0.292. The first-order valence-electron chi connectivity index (χ1n) is 10.4. The molecule has 0 saturated carbocycles. The van der Waals surface area contributed by atoms with Crippen molar-refractivity contribution in [3.8, 4) is 11.3 Å². The van der Waals surface area contributed by atoms with Gasteiger partial charge in [-0.25, -0.2) is 4.98 Å². The Labute approximate surface area is 186 Å². The Bertz CT molecular complexity index is 1050. The van der Waals surface area contributed by atoms with Gasteiger partial charge in [-0.2, -0.15) is 0 Å². The van der Waals surface area contributed by atoms with Gasteiger partial charge in [0.1, 0.15) is 5.69 Å². The van der Waals surface area contributed by atoms with E-state index < -0.39 is 0 Å². The van der Waals surface area contributed by atoms with Crippen LogP contribution in [0.5, 0.6) is 0 Å². The molecule has 0 amide bonds. The molecule has 0 spiro atoms. The smallest absolute Gasteiger partial charge is 0.168 e. The molecule has 0 fully saturated rings. The standard InChI is InChI=1S/C24H26N4S2/c1-3-8-21-23(15-18-9-6-5-7-10-18)28(4-2)24(25-21)29-16-19-11-13-20(14-12-19)22-17-30-27-26-22/h5-7,9-14,17H,3-4,8,15-16H2,1-2H3. The van der Waals surface area contributed by atoms with Gasteiger partial charge < -0.3 is 4.57 Å². The van der Waals surface area contributed by atoms with Crippen molar-refractivity contribution in [2.24, 2.45) is 0 Å². The minimum Gasteiger partial charge on any atom is -0.323 e. The molecule has 154 valence electrons. The van der Waals surface area contributed by atoms with Crippen LogP contribution in [0.2, 0.25) is 0 Å². The molecule has 0 radical (unpaired) electrons. The number of rotatable bonds is 9. The van der Waals surface area contributed by atoms with Gasteiger partial charge in [-0.15, -0.1) is 5.10 Å². The lowest BCUT2D eigenvalue weighted by Gasteiger charge is -2.11. The molecule has 2 aromatic carbocycles. The van der Waals surface area contributed by atoms with Gasteiger partial charge in [-0.3, -0.25) is 0 Å². The summed E-state index contributed by atoms with van der Waals surface area (Å²) in [6, 6.07) is 19.3. The highest BCUT2D eigenvalue weighted by Gasteiger charge is 2.16. The number of aryl methyl sites for hydroxylation is 1. The van der Waals surface area contributed by atoms with Gasteiger partial charge in [0.2, 0.25) is 0 Å². The normalized spacial score (nSPS) is 11.1. The van der Waals surface area contributed by atoms with E-state index in [1.54, 1.807) is 0 Å². The predicted octanol–water partition coefficient (Wildman–Crippen LogP) is 6.26. The Balaban J connectivity index is 1.52. The molecule has 4 rings (SSSR count). The van der Waals surface area contributed by atoms with Gasteiger partial charge in [0.05, 0.1) is 5.69 Å². The van der Waals surface area contributed by atoms with Crippen LogP contribution in [0.3, 0.4) is 0 Å². The second-order valence-corrected chi connectivity index (χ2v) is 8.77. The van der Waals surface area contributed by atoms with Crippen LogP contribution < -0.4 is 0 Å². The number of hydrogen-bond acceptors (Lipinski definition) is 5. The number of benzene rings is 2. The highest BCUT2D eigenvalue weighted by molar-refractivity contribution is 7.98. The van der Waals surface area contributed by atoms with Gasteiger partial charge in [0.15, 0.2) is 5.16 Å². The Hall–Kier alpha value is -2.44. The first-order chi connectivity index (χ1) is 14.8. The molecule has 4 nitrogen and oxygen atoms in total. The van der Waals surface area contributed by atoms with Gasteiger partial charge in [-0.05, 0) is 36.0 Å². The average Bonchev–Trinajstić information content (AvgIpc) is 3.42. The van der Waals surface area contributed by atoms with Gasteiger partial charge in [-0.1, -0.05) is 84.2 Å². The fourth-order valence-electron chi connectivity index (χ4n) is 3.58. The molecule has 0 saturated heterocycles. The van der Waals surface area contributed by atoms with Crippen LogP contribution in [0.15, 0.2) is 65.1 Å². The Morgan fingerprint density at radius 3 is 2.43 bits per heavy atom. The number of nitrogens with zero attached hydrogens (tertiary/aromatic N) is 4. The van der Waals surface area contributed by atoms with Crippen molar-refractivity contribution in [1.82, 2.24) is 19.1 Å². The van der Waals surface area contributed by atoms with Crippen molar-refractivity contribution in [1.29, 1.82) is 0 Å². The van der Waals surface area contributed by atoms with Crippen molar-refractivity contribution >= 4 is 23.3 Å². The van der Waals surface area contributed by atoms with Crippen molar-refractivity contribution in [3.05, 3.63) is 82.5 Å². The summed E-state index contributed by atoms with van der Waals surface area (Å²) in [5.74, 6) is 0.906. The van der Waals surface area contributed by atoms with Crippen molar-refractivity contribution < 1.29 is 0 Å². The second kappa shape index (κ2) is 10.0. The topological polar surface area (TPSA) is 43.6 Å². The minimum atomic E-state index is 0.906. The summed E-state index contributed by atoms with van der Waals surface area (Å²) < 4.78 is 6.35. The maximum atomic E-state index is 5.05. The Morgan fingerprint density at radius 2 is 1.77 bits per heavy atom. The van der Waals surface area contributed by atoms with Gasteiger partial charge in [0, 0.05) is 35.4 Å². The molecule has 4 aromatic rings. The van der Waals surface area contributed by atoms with Crippen LogP contribution in [0.4, 0.5) is 0 Å². The van der Waals surface area contributed by atoms with Crippen LogP contribution in [0.25, 0.3) is 11.3 Å². The fourth-order valence-corrected chi connectivity index (χ4v) is 5.10. The molecule has 6 heteroatoms. The minimum absolute atomic E-state index is 0.906. The van der Waals surface area contributed by atoms with Crippen LogP contribution >= 0.6 is 23.3 Å². The molecule has 2 aromatic heterocycles. The van der Waals surface area contributed by atoms with Gasteiger partial charge in [0.25, 0.3) is 0 Å². The highest BCUT2D eigenvalue weighted by Crippen LogP contribution is 2.28. The number of thioether (sulfide) groups is 1. The lowest BCUT2D eigenvalue weighted by atomic mass is 10.1. The van der Waals surface area contributed by atoms with Crippen molar-refractivity contribution in [2.75, 3.05) is 0 Å². The third-order valence-electron chi connectivity index (χ3n) is 5.12. The zero-order valence-electron chi connectivity index (χ0n) is 17.4. The van der Waals surface area contributed by atoms with E-state index in [1.807, 2.05) is 17.1 Å². The zero-order valence-corrected chi connectivity index (χ0v) is 19.0. The van der Waals surface area contributed by atoms with Crippen LogP contribution in [0, 0.1) is 0 Å². The molecular formula is C24H26N4S2. The summed E-state index contributed by atoms with van der Waals surface area (Å²) in [6.07, 6.45) is 3.08. The third-order valence-corrected chi connectivity index (χ3v) is 6.67. The molecule has 30 heavy (non-hydrogen) atoms. The van der Waals surface area contributed by atoms with Crippen molar-refractivity contribution in [2.45, 2.75) is 50.6 Å². The van der Waals surface area contributed by atoms with Crippen LogP contribution in [0.1, 0.15) is 42.8 Å². The predicted molar refractivity (Wildman–Crippen MR) is 126 cm³/mol. The number of aromatic nitrogens is 4. The van der Waals surface area contributed by atoms with E-state index in [2.05, 4.69) is 82.6 Å². The van der Waals surface area contributed by atoms with Crippen LogP contribution in [-0.2, 0) is 25.1 Å². The summed E-state index contributed by atoms with van der Waals surface area (Å²) in [5.41, 5.74) is 7.29. The number of imidazole rings is 1. The maximum Gasteiger partial charge on any atom is 0.168 e. The monoisotopic (exact) mass is 434 g/mol. The third kappa shape index (κ3) is 4.82. The van der Waals surface area contributed by atoms with E-state index in [4.69, 9.17) is 4.98 Å². The first kappa shape index (κ1) is 20.8. The molecule has 0 aliphatic carbocycles. The maximum absolute atomic E-state index is 5.05. The van der Waals surface area contributed by atoms with E-state index >= 15 is 0 Å². The first-order valence-corrected chi connectivity index (χ1v) is 12.2. The summed E-state index contributed by atoms with van der Waals surface area (Å²) in [5, 5.41) is 7.25. The zero-order chi connectivity index (χ0) is 20.8. The van der Waals surface area contributed by atoms with E-state index in [0.29, 0.717) is 0 Å². The molecule has 0 atom stereocenters. The Kier molecular flexibility index (Phi) is 6.97. The molecule has 2 heterocycles. The Morgan fingerprint density at radius 1 is 0.967 bits per heavy atom. The summed E-state index contributed by atoms with van der Waals surface area (Å²) >= 11 is 3.21. The van der Waals surface area contributed by atoms with E-state index in [9.17, 15) is 0 Å². The summed E-state index contributed by atoms with van der Waals surface area (Å²) in [6.45, 7) is 5.38. The summed E-state index contributed by atoms with van der Waals surface area (Å²) in [4.78, 5) is 5.05. The molecular weight excluding hydrogens is 408 g/mol. The number of hydrogen-bond donors (Lipinski definition) is 0. The molecule has 0 N–H and O–H groups in total. The lowest BCUT2D eigenvalue weighted by molar-refractivity contribution is 0.652. The van der Waals surface area contributed by atoms with Crippen molar-refractivity contribution in [3.63, 3.8) is 0 Å². The largest absolute Gasteiger partial charge is 0.323 e.